The molecule has 0 atom stereocenters. The van der Waals surface area contributed by atoms with E-state index >= 15 is 0 Å². The van der Waals surface area contributed by atoms with Crippen molar-refractivity contribution in [1.29, 1.82) is 0 Å². The van der Waals surface area contributed by atoms with E-state index in [2.05, 4.69) is 23.1 Å². The summed E-state index contributed by atoms with van der Waals surface area (Å²) in [6, 6.07) is 6.46. The number of hydrogen-bond donors (Lipinski definition) is 0. The fourth-order valence-electron chi connectivity index (χ4n) is 4.09. The highest BCUT2D eigenvalue weighted by Gasteiger charge is 2.23. The maximum Gasteiger partial charge on any atom is 0.223 e. The minimum Gasteiger partial charge on any atom is -0.493 e. The largest absolute Gasteiger partial charge is 0.493 e. The summed E-state index contributed by atoms with van der Waals surface area (Å²) in [5.74, 6) is 1.18. The highest BCUT2D eigenvalue weighted by Crippen LogP contribution is 2.26. The van der Waals surface area contributed by atoms with E-state index in [1.807, 2.05) is 4.90 Å². The van der Waals surface area contributed by atoms with E-state index in [-0.39, 0.29) is 11.8 Å². The van der Waals surface area contributed by atoms with Crippen molar-refractivity contribution in [1.82, 2.24) is 14.7 Å². The van der Waals surface area contributed by atoms with E-state index in [1.54, 1.807) is 4.90 Å². The number of piperazine rings is 1. The lowest BCUT2D eigenvalue weighted by molar-refractivity contribution is -0.140. The van der Waals surface area contributed by atoms with Crippen LogP contribution >= 0.6 is 0 Å². The Morgan fingerprint density at radius 1 is 0.857 bits per heavy atom. The summed E-state index contributed by atoms with van der Waals surface area (Å²) in [7, 11) is 0. The molecule has 4 rings (SSSR count). The zero-order chi connectivity index (χ0) is 19.3. The minimum atomic E-state index is 0.0656. The van der Waals surface area contributed by atoms with E-state index in [4.69, 9.17) is 9.47 Å². The van der Waals surface area contributed by atoms with Crippen LogP contribution in [0.1, 0.15) is 24.0 Å². The van der Waals surface area contributed by atoms with Crippen LogP contribution in [0, 0.1) is 0 Å². The lowest BCUT2D eigenvalue weighted by Gasteiger charge is -2.35. The second kappa shape index (κ2) is 8.92. The molecule has 2 amide bonds. The monoisotopic (exact) mass is 387 g/mol. The summed E-state index contributed by atoms with van der Waals surface area (Å²) >= 11 is 0. The highest BCUT2D eigenvalue weighted by molar-refractivity contribution is 5.84. The summed E-state index contributed by atoms with van der Waals surface area (Å²) < 4.78 is 10.8. The molecule has 3 aliphatic rings. The van der Waals surface area contributed by atoms with Crippen molar-refractivity contribution >= 4 is 11.8 Å². The molecular formula is C21H29N3O4. The van der Waals surface area contributed by atoms with Gasteiger partial charge in [-0.3, -0.25) is 14.5 Å². The number of morpholine rings is 1. The van der Waals surface area contributed by atoms with E-state index in [0.29, 0.717) is 39.1 Å². The molecule has 3 heterocycles. The van der Waals surface area contributed by atoms with Gasteiger partial charge in [0.2, 0.25) is 11.8 Å². The second-order valence-electron chi connectivity index (χ2n) is 7.69. The Morgan fingerprint density at radius 3 is 2.25 bits per heavy atom. The Labute approximate surface area is 166 Å². The zero-order valence-corrected chi connectivity index (χ0v) is 16.4. The van der Waals surface area contributed by atoms with E-state index in [9.17, 15) is 9.59 Å². The topological polar surface area (TPSA) is 62.3 Å². The molecule has 3 aliphatic heterocycles. The summed E-state index contributed by atoms with van der Waals surface area (Å²) in [5, 5.41) is 0. The second-order valence-corrected chi connectivity index (χ2v) is 7.69. The molecule has 0 radical (unpaired) electrons. The molecule has 2 fully saturated rings. The molecule has 0 saturated carbocycles. The molecule has 0 aliphatic carbocycles. The quantitative estimate of drug-likeness (QED) is 0.751. The molecule has 0 spiro atoms. The van der Waals surface area contributed by atoms with Gasteiger partial charge in [-0.05, 0) is 17.2 Å². The van der Waals surface area contributed by atoms with Gasteiger partial charge >= 0.3 is 0 Å². The van der Waals surface area contributed by atoms with Crippen molar-refractivity contribution in [3.8, 4) is 5.75 Å². The van der Waals surface area contributed by atoms with Gasteiger partial charge in [0.1, 0.15) is 5.75 Å². The van der Waals surface area contributed by atoms with E-state index in [1.165, 1.54) is 11.1 Å². The summed E-state index contributed by atoms with van der Waals surface area (Å²) in [4.78, 5) is 30.8. The van der Waals surface area contributed by atoms with Gasteiger partial charge in [0, 0.05) is 65.1 Å². The van der Waals surface area contributed by atoms with Gasteiger partial charge in [0.15, 0.2) is 0 Å². The number of hydrogen-bond acceptors (Lipinski definition) is 5. The van der Waals surface area contributed by atoms with Crippen LogP contribution in [0.2, 0.25) is 0 Å². The smallest absolute Gasteiger partial charge is 0.223 e. The minimum absolute atomic E-state index is 0.0656. The number of nitrogens with zero attached hydrogens (tertiary/aromatic N) is 3. The van der Waals surface area contributed by atoms with Crippen molar-refractivity contribution < 1.29 is 19.1 Å². The van der Waals surface area contributed by atoms with Gasteiger partial charge in [0.25, 0.3) is 0 Å². The van der Waals surface area contributed by atoms with Gasteiger partial charge in [0.05, 0.1) is 19.8 Å². The Bertz CT molecular complexity index is 710. The molecule has 7 nitrogen and oxygen atoms in total. The third-order valence-electron chi connectivity index (χ3n) is 5.80. The first kappa shape index (κ1) is 19.2. The molecule has 0 bridgehead atoms. The van der Waals surface area contributed by atoms with Gasteiger partial charge in [-0.15, -0.1) is 0 Å². The normalized spacial score (nSPS) is 20.0. The van der Waals surface area contributed by atoms with Crippen LogP contribution < -0.4 is 4.74 Å². The third kappa shape index (κ3) is 4.64. The van der Waals surface area contributed by atoms with Crippen LogP contribution in [0.3, 0.4) is 0 Å². The van der Waals surface area contributed by atoms with Gasteiger partial charge in [-0.2, -0.15) is 0 Å². The lowest BCUT2D eigenvalue weighted by atomic mass is 10.1. The maximum absolute atomic E-state index is 12.5. The van der Waals surface area contributed by atoms with Crippen LogP contribution in [0.25, 0.3) is 0 Å². The molecule has 28 heavy (non-hydrogen) atoms. The average molecular weight is 387 g/mol. The Kier molecular flexibility index (Phi) is 6.12. The Balaban J connectivity index is 1.19. The number of carbonyl (C=O) groups excluding carboxylic acids is 2. The van der Waals surface area contributed by atoms with Crippen LogP contribution in [-0.2, 0) is 27.3 Å². The maximum atomic E-state index is 12.5. The summed E-state index contributed by atoms with van der Waals surface area (Å²) in [5.41, 5.74) is 2.61. The Hall–Kier alpha value is -2.12. The van der Waals surface area contributed by atoms with E-state index < -0.39 is 0 Å². The van der Waals surface area contributed by atoms with Crippen molar-refractivity contribution in [3.63, 3.8) is 0 Å². The van der Waals surface area contributed by atoms with Crippen LogP contribution in [0.4, 0.5) is 0 Å². The molecule has 0 N–H and O–H groups in total. The standard InChI is InChI=1S/C21H29N3O4/c25-20(3-4-21(26)24-10-13-27-14-11-24)23-8-6-22(7-9-23)16-17-1-2-19-18(15-17)5-12-28-19/h1-2,15H,3-14,16H2. The number of benzene rings is 1. The number of rotatable bonds is 5. The predicted molar refractivity (Wildman–Crippen MR) is 104 cm³/mol. The number of fused-ring (bicyclic) bond motifs is 1. The first-order valence-electron chi connectivity index (χ1n) is 10.3. The zero-order valence-electron chi connectivity index (χ0n) is 16.4. The van der Waals surface area contributed by atoms with Crippen molar-refractivity contribution in [3.05, 3.63) is 29.3 Å². The number of carbonyl (C=O) groups is 2. The van der Waals surface area contributed by atoms with Crippen LogP contribution in [-0.4, -0.2) is 85.6 Å². The molecule has 1 aromatic rings. The van der Waals surface area contributed by atoms with E-state index in [0.717, 1.165) is 51.5 Å². The van der Waals surface area contributed by atoms with Crippen LogP contribution in [0.15, 0.2) is 18.2 Å². The molecular weight excluding hydrogens is 358 g/mol. The third-order valence-corrected chi connectivity index (χ3v) is 5.80. The van der Waals surface area contributed by atoms with Crippen molar-refractivity contribution in [2.45, 2.75) is 25.8 Å². The summed E-state index contributed by atoms with van der Waals surface area (Å²) in [6.45, 7) is 7.38. The van der Waals surface area contributed by atoms with Gasteiger partial charge in [-0.1, -0.05) is 12.1 Å². The summed E-state index contributed by atoms with van der Waals surface area (Å²) in [6.07, 6.45) is 1.60. The highest BCUT2D eigenvalue weighted by atomic mass is 16.5. The van der Waals surface area contributed by atoms with Crippen molar-refractivity contribution in [2.75, 3.05) is 59.1 Å². The number of amides is 2. The Morgan fingerprint density at radius 2 is 1.54 bits per heavy atom. The lowest BCUT2D eigenvalue weighted by Crippen LogP contribution is -2.48. The average Bonchev–Trinajstić information content (AvgIpc) is 3.21. The molecule has 2 saturated heterocycles. The first-order valence-corrected chi connectivity index (χ1v) is 10.3. The SMILES string of the molecule is O=C(CCC(=O)N1CCN(Cc2ccc3c(c2)CCO3)CC1)N1CCOCC1. The van der Waals surface area contributed by atoms with Crippen molar-refractivity contribution in [2.24, 2.45) is 0 Å². The first-order chi connectivity index (χ1) is 13.7. The van der Waals surface area contributed by atoms with Gasteiger partial charge in [-0.25, -0.2) is 0 Å². The fraction of sp³-hybridized carbons (Fsp3) is 0.619. The molecule has 0 unspecified atom stereocenters. The van der Waals surface area contributed by atoms with Crippen LogP contribution in [0.5, 0.6) is 5.75 Å². The number of ether oxygens (including phenoxy) is 2. The molecule has 152 valence electrons. The molecule has 7 heteroatoms. The molecule has 1 aromatic carbocycles. The fourth-order valence-corrected chi connectivity index (χ4v) is 4.09. The molecule has 0 aromatic heterocycles. The predicted octanol–water partition coefficient (Wildman–Crippen LogP) is 0.905. The van der Waals surface area contributed by atoms with Gasteiger partial charge < -0.3 is 19.3 Å².